The van der Waals surface area contributed by atoms with Crippen molar-refractivity contribution in [3.05, 3.63) is 83.9 Å². The fourth-order valence-electron chi connectivity index (χ4n) is 3.89. The number of hydrogen-bond acceptors (Lipinski definition) is 8. The molecule has 0 aromatic heterocycles. The number of methoxy groups -OCH3 is 2. The van der Waals surface area contributed by atoms with Gasteiger partial charge in [-0.1, -0.05) is 18.2 Å². The Morgan fingerprint density at radius 1 is 0.865 bits per heavy atom. The fourth-order valence-corrected chi connectivity index (χ4v) is 3.89. The first-order valence-corrected chi connectivity index (χ1v) is 11.5. The summed E-state index contributed by atoms with van der Waals surface area (Å²) < 4.78 is 21.1. The monoisotopic (exact) mass is 503 g/mol. The number of ether oxygens (including phenoxy) is 4. The van der Waals surface area contributed by atoms with Crippen LogP contribution < -0.4 is 19.1 Å². The predicted molar refractivity (Wildman–Crippen MR) is 133 cm³/mol. The molecule has 1 aliphatic heterocycles. The van der Waals surface area contributed by atoms with Crippen LogP contribution in [0.4, 0.5) is 5.69 Å². The maximum Gasteiger partial charge on any atom is 0.343 e. The number of hydrogen-bond donors (Lipinski definition) is 0. The molecule has 1 atom stereocenters. The molecule has 1 amide bonds. The van der Waals surface area contributed by atoms with Crippen molar-refractivity contribution in [2.75, 3.05) is 32.3 Å². The molecule has 3 aromatic rings. The number of esters is 2. The summed E-state index contributed by atoms with van der Waals surface area (Å²) >= 11 is 0. The Labute approximate surface area is 213 Å². The molecule has 0 bridgehead atoms. The normalized spacial score (nSPS) is 14.7. The van der Waals surface area contributed by atoms with E-state index in [4.69, 9.17) is 18.9 Å². The molecule has 4 rings (SSSR count). The molecule has 9 nitrogen and oxygen atoms in total. The summed E-state index contributed by atoms with van der Waals surface area (Å²) in [6.45, 7) is -0.367. The van der Waals surface area contributed by atoms with Gasteiger partial charge in [-0.15, -0.1) is 0 Å². The summed E-state index contributed by atoms with van der Waals surface area (Å²) in [5, 5.41) is 0. The first-order valence-electron chi connectivity index (χ1n) is 11.5. The van der Waals surface area contributed by atoms with E-state index in [1.165, 1.54) is 43.4 Å². The van der Waals surface area contributed by atoms with Crippen LogP contribution in [0.25, 0.3) is 0 Å². The minimum Gasteiger partial charge on any atom is -0.497 e. The number of benzene rings is 3. The Hall–Kier alpha value is -4.66. The zero-order chi connectivity index (χ0) is 26.4. The second kappa shape index (κ2) is 11.4. The number of Topliss-reactive ketones (excluding diaryl/α,β-unsaturated/α-hetero) is 1. The van der Waals surface area contributed by atoms with Crippen molar-refractivity contribution in [2.24, 2.45) is 5.92 Å². The van der Waals surface area contributed by atoms with Crippen molar-refractivity contribution in [3.8, 4) is 17.2 Å². The van der Waals surface area contributed by atoms with Gasteiger partial charge in [0.15, 0.2) is 12.4 Å². The number of nitrogens with zero attached hydrogens (tertiary/aromatic N) is 1. The summed E-state index contributed by atoms with van der Waals surface area (Å²) in [7, 11) is 3.01. The van der Waals surface area contributed by atoms with Crippen LogP contribution in [0.1, 0.15) is 27.1 Å². The highest BCUT2D eigenvalue weighted by Gasteiger charge is 2.37. The zero-order valence-electron chi connectivity index (χ0n) is 20.3. The fraction of sp³-hybridized carbons (Fsp3) is 0.214. The summed E-state index contributed by atoms with van der Waals surface area (Å²) in [5.74, 6) is -1.25. The number of rotatable bonds is 9. The third kappa shape index (κ3) is 5.95. The van der Waals surface area contributed by atoms with E-state index in [9.17, 15) is 19.2 Å². The van der Waals surface area contributed by atoms with Crippen molar-refractivity contribution in [1.82, 2.24) is 0 Å². The molecule has 0 unspecified atom stereocenters. The van der Waals surface area contributed by atoms with E-state index in [1.54, 1.807) is 48.5 Å². The molecule has 0 saturated carbocycles. The van der Waals surface area contributed by atoms with Gasteiger partial charge < -0.3 is 23.8 Å². The first-order chi connectivity index (χ1) is 17.9. The molecule has 1 heterocycles. The third-order valence-electron chi connectivity index (χ3n) is 5.88. The molecule has 190 valence electrons. The van der Waals surface area contributed by atoms with Crippen LogP contribution in [-0.2, 0) is 14.3 Å². The van der Waals surface area contributed by atoms with Gasteiger partial charge in [-0.3, -0.25) is 14.4 Å². The van der Waals surface area contributed by atoms with Gasteiger partial charge in [0.1, 0.15) is 17.2 Å². The minimum absolute atomic E-state index is 0.0380. The van der Waals surface area contributed by atoms with Gasteiger partial charge in [0.05, 0.1) is 31.4 Å². The maximum absolute atomic E-state index is 12.6. The van der Waals surface area contributed by atoms with Crippen molar-refractivity contribution in [3.63, 3.8) is 0 Å². The van der Waals surface area contributed by atoms with Gasteiger partial charge in [0.25, 0.3) is 0 Å². The molecule has 0 aliphatic carbocycles. The number of ketones is 1. The smallest absolute Gasteiger partial charge is 0.343 e. The molecular formula is C28H25NO8. The lowest BCUT2D eigenvalue weighted by atomic mass is 10.1. The van der Waals surface area contributed by atoms with Crippen LogP contribution in [0.5, 0.6) is 17.2 Å². The second-order valence-electron chi connectivity index (χ2n) is 8.25. The van der Waals surface area contributed by atoms with Crippen molar-refractivity contribution < 1.29 is 38.1 Å². The summed E-state index contributed by atoms with van der Waals surface area (Å²) in [6, 6.07) is 19.5. The molecule has 37 heavy (non-hydrogen) atoms. The molecule has 3 aromatic carbocycles. The van der Waals surface area contributed by atoms with Gasteiger partial charge in [-0.2, -0.15) is 0 Å². The Morgan fingerprint density at radius 2 is 1.57 bits per heavy atom. The second-order valence-corrected chi connectivity index (χ2v) is 8.25. The van der Waals surface area contributed by atoms with Gasteiger partial charge in [0.2, 0.25) is 5.91 Å². The summed E-state index contributed by atoms with van der Waals surface area (Å²) in [6.07, 6.45) is -0.0380. The summed E-state index contributed by atoms with van der Waals surface area (Å²) in [5.41, 5.74) is 1.22. The van der Waals surface area contributed by atoms with Crippen LogP contribution in [0.2, 0.25) is 0 Å². The third-order valence-corrected chi connectivity index (χ3v) is 5.88. The quantitative estimate of drug-likeness (QED) is 0.247. The van der Waals surface area contributed by atoms with E-state index < -0.39 is 30.2 Å². The Kier molecular flexibility index (Phi) is 7.83. The SMILES string of the molecule is COc1ccc(N2C[C@H](C(=O)OCC(=O)c3ccc(OC(=O)c4ccccc4)cc3)CC2=O)c(OC)c1. The van der Waals surface area contributed by atoms with Gasteiger partial charge >= 0.3 is 11.9 Å². The molecule has 0 radical (unpaired) electrons. The molecule has 1 fully saturated rings. The first kappa shape index (κ1) is 25.4. The Morgan fingerprint density at radius 3 is 2.24 bits per heavy atom. The van der Waals surface area contributed by atoms with Crippen molar-refractivity contribution in [2.45, 2.75) is 6.42 Å². The topological polar surface area (TPSA) is 108 Å². The number of amides is 1. The Balaban J connectivity index is 1.31. The van der Waals surface area contributed by atoms with Crippen LogP contribution >= 0.6 is 0 Å². The number of carbonyl (C=O) groups is 4. The van der Waals surface area contributed by atoms with E-state index in [0.717, 1.165) is 0 Å². The molecule has 1 saturated heterocycles. The molecule has 0 N–H and O–H groups in total. The largest absolute Gasteiger partial charge is 0.497 e. The van der Waals surface area contributed by atoms with Crippen LogP contribution in [-0.4, -0.2) is 51.0 Å². The molecule has 1 aliphatic rings. The highest BCUT2D eigenvalue weighted by Crippen LogP contribution is 2.36. The highest BCUT2D eigenvalue weighted by molar-refractivity contribution is 6.02. The van der Waals surface area contributed by atoms with Crippen molar-refractivity contribution >= 4 is 29.3 Å². The molecule has 0 spiro atoms. The standard InChI is InChI=1S/C28H25NO8/c1-34-22-12-13-23(25(15-22)35-2)29-16-20(14-26(29)31)27(32)36-17-24(30)18-8-10-21(11-9-18)37-28(33)19-6-4-3-5-7-19/h3-13,15,20H,14,16-17H2,1-2H3/t20-/m1/s1. The minimum atomic E-state index is -0.716. The van der Waals surface area contributed by atoms with E-state index >= 15 is 0 Å². The maximum atomic E-state index is 12.6. The van der Waals surface area contributed by atoms with Crippen molar-refractivity contribution in [1.29, 1.82) is 0 Å². The zero-order valence-corrected chi connectivity index (χ0v) is 20.3. The van der Waals surface area contributed by atoms with E-state index in [0.29, 0.717) is 28.3 Å². The van der Waals surface area contributed by atoms with E-state index in [1.807, 2.05) is 0 Å². The lowest BCUT2D eigenvalue weighted by Gasteiger charge is -2.20. The van der Waals surface area contributed by atoms with Gasteiger partial charge in [-0.25, -0.2) is 4.79 Å². The van der Waals surface area contributed by atoms with Crippen LogP contribution in [0, 0.1) is 5.92 Å². The predicted octanol–water partition coefficient (Wildman–Crippen LogP) is 3.70. The highest BCUT2D eigenvalue weighted by atomic mass is 16.5. The van der Waals surface area contributed by atoms with E-state index in [2.05, 4.69) is 0 Å². The van der Waals surface area contributed by atoms with Crippen LogP contribution in [0.15, 0.2) is 72.8 Å². The van der Waals surface area contributed by atoms with Gasteiger partial charge in [0, 0.05) is 24.6 Å². The van der Waals surface area contributed by atoms with E-state index in [-0.39, 0.29) is 24.6 Å². The molecule has 9 heteroatoms. The number of carbonyl (C=O) groups excluding carboxylic acids is 4. The number of anilines is 1. The lowest BCUT2D eigenvalue weighted by Crippen LogP contribution is -2.27. The molecular weight excluding hydrogens is 478 g/mol. The van der Waals surface area contributed by atoms with Crippen LogP contribution in [0.3, 0.4) is 0 Å². The lowest BCUT2D eigenvalue weighted by molar-refractivity contribution is -0.147. The Bertz CT molecular complexity index is 1300. The average molecular weight is 504 g/mol. The van der Waals surface area contributed by atoms with Gasteiger partial charge in [-0.05, 0) is 48.5 Å². The summed E-state index contributed by atoms with van der Waals surface area (Å²) in [4.78, 5) is 51.3. The average Bonchev–Trinajstić information content (AvgIpc) is 3.33.